The van der Waals surface area contributed by atoms with Crippen LogP contribution in [-0.4, -0.2) is 25.3 Å². The van der Waals surface area contributed by atoms with Crippen molar-refractivity contribution in [1.29, 1.82) is 0 Å². The van der Waals surface area contributed by atoms with Crippen molar-refractivity contribution >= 4 is 10.0 Å². The Labute approximate surface area is 139 Å². The van der Waals surface area contributed by atoms with E-state index in [1.54, 1.807) is 16.4 Å². The molecular formula is C19H23NO2S. The maximum Gasteiger partial charge on any atom is 0.243 e. The second-order valence-corrected chi connectivity index (χ2v) is 8.46. The Hall–Kier alpha value is -1.65. The van der Waals surface area contributed by atoms with E-state index in [0.717, 1.165) is 18.4 Å². The van der Waals surface area contributed by atoms with Gasteiger partial charge in [0.05, 0.1) is 4.90 Å². The van der Waals surface area contributed by atoms with Crippen molar-refractivity contribution < 1.29 is 8.42 Å². The lowest BCUT2D eigenvalue weighted by molar-refractivity contribution is 0.384. The van der Waals surface area contributed by atoms with Crippen LogP contribution in [0.15, 0.2) is 59.5 Å². The normalized spacial score (nSPS) is 22.3. The van der Waals surface area contributed by atoms with E-state index in [2.05, 4.69) is 19.1 Å². The van der Waals surface area contributed by atoms with Crippen LogP contribution in [-0.2, 0) is 16.4 Å². The zero-order valence-corrected chi connectivity index (χ0v) is 14.5. The molecule has 3 nitrogen and oxygen atoms in total. The first-order valence-electron chi connectivity index (χ1n) is 8.09. The summed E-state index contributed by atoms with van der Waals surface area (Å²) in [5, 5.41) is 0. The number of sulfonamides is 1. The van der Waals surface area contributed by atoms with Gasteiger partial charge >= 0.3 is 0 Å². The van der Waals surface area contributed by atoms with Gasteiger partial charge in [0.1, 0.15) is 0 Å². The minimum absolute atomic E-state index is 0.0405. The fraction of sp³-hybridized carbons (Fsp3) is 0.368. The molecule has 0 aliphatic carbocycles. The fourth-order valence-corrected chi connectivity index (χ4v) is 5.08. The highest BCUT2D eigenvalue weighted by atomic mass is 32.2. The molecule has 1 fully saturated rings. The lowest BCUT2D eigenvalue weighted by Crippen LogP contribution is -2.37. The predicted octanol–water partition coefficient (Wildman–Crippen LogP) is 3.64. The van der Waals surface area contributed by atoms with E-state index in [0.29, 0.717) is 17.4 Å². The molecule has 0 aromatic heterocycles. The zero-order valence-electron chi connectivity index (χ0n) is 13.6. The number of nitrogens with zero attached hydrogens (tertiary/aromatic N) is 1. The van der Waals surface area contributed by atoms with Gasteiger partial charge in [-0.25, -0.2) is 8.42 Å². The molecule has 3 rings (SSSR count). The fourth-order valence-electron chi connectivity index (χ4n) is 3.32. The SMILES string of the molecule is Cc1ccc(S(=O)(=O)N2CC(C)CC2Cc2ccccc2)cc1. The van der Waals surface area contributed by atoms with Crippen LogP contribution in [0.1, 0.15) is 24.5 Å². The highest BCUT2D eigenvalue weighted by Gasteiger charge is 2.38. The van der Waals surface area contributed by atoms with Crippen molar-refractivity contribution in [3.8, 4) is 0 Å². The Balaban J connectivity index is 1.88. The van der Waals surface area contributed by atoms with E-state index < -0.39 is 10.0 Å². The molecule has 4 heteroatoms. The van der Waals surface area contributed by atoms with Crippen molar-refractivity contribution in [3.63, 3.8) is 0 Å². The summed E-state index contributed by atoms with van der Waals surface area (Å²) in [4.78, 5) is 0.398. The summed E-state index contributed by atoms with van der Waals surface area (Å²) in [6.45, 7) is 4.70. The molecule has 2 unspecified atom stereocenters. The molecule has 2 aromatic rings. The van der Waals surface area contributed by atoms with E-state index in [-0.39, 0.29) is 6.04 Å². The van der Waals surface area contributed by atoms with Gasteiger partial charge in [0.2, 0.25) is 10.0 Å². The average molecular weight is 329 g/mol. The number of hydrogen-bond acceptors (Lipinski definition) is 2. The topological polar surface area (TPSA) is 37.4 Å². The lowest BCUT2D eigenvalue weighted by atomic mass is 10.0. The molecule has 1 saturated heterocycles. The summed E-state index contributed by atoms with van der Waals surface area (Å²) in [5.74, 6) is 0.393. The molecule has 0 radical (unpaired) electrons. The van der Waals surface area contributed by atoms with E-state index >= 15 is 0 Å². The average Bonchev–Trinajstić information content (AvgIpc) is 2.90. The summed E-state index contributed by atoms with van der Waals surface area (Å²) in [7, 11) is -3.42. The van der Waals surface area contributed by atoms with Crippen LogP contribution in [0.4, 0.5) is 0 Å². The molecule has 122 valence electrons. The molecule has 1 heterocycles. The molecule has 0 amide bonds. The van der Waals surface area contributed by atoms with Crippen molar-refractivity contribution in [2.24, 2.45) is 5.92 Å². The summed E-state index contributed by atoms with van der Waals surface area (Å²) >= 11 is 0. The van der Waals surface area contributed by atoms with Crippen molar-refractivity contribution in [1.82, 2.24) is 4.31 Å². The molecule has 2 atom stereocenters. The number of rotatable bonds is 4. The van der Waals surface area contributed by atoms with Crippen LogP contribution < -0.4 is 0 Å². The summed E-state index contributed by atoms with van der Waals surface area (Å²) < 4.78 is 27.7. The summed E-state index contributed by atoms with van der Waals surface area (Å²) in [5.41, 5.74) is 2.26. The van der Waals surface area contributed by atoms with Crippen molar-refractivity contribution in [2.75, 3.05) is 6.54 Å². The van der Waals surface area contributed by atoms with Gasteiger partial charge in [-0.15, -0.1) is 0 Å². The van der Waals surface area contributed by atoms with Crippen LogP contribution in [0.25, 0.3) is 0 Å². The van der Waals surface area contributed by atoms with Crippen LogP contribution >= 0.6 is 0 Å². The minimum atomic E-state index is -3.42. The second-order valence-electron chi connectivity index (χ2n) is 6.57. The first-order chi connectivity index (χ1) is 11.0. The molecule has 2 aromatic carbocycles. The maximum absolute atomic E-state index is 13.0. The van der Waals surface area contributed by atoms with Gasteiger partial charge in [0.25, 0.3) is 0 Å². The maximum atomic E-state index is 13.0. The van der Waals surface area contributed by atoms with Gasteiger partial charge in [-0.2, -0.15) is 4.31 Å². The van der Waals surface area contributed by atoms with Gasteiger partial charge in [0.15, 0.2) is 0 Å². The van der Waals surface area contributed by atoms with Gasteiger partial charge in [-0.05, 0) is 43.4 Å². The first kappa shape index (κ1) is 16.2. The molecule has 1 aliphatic rings. The Morgan fingerprint density at radius 2 is 1.70 bits per heavy atom. The summed E-state index contributed by atoms with van der Waals surface area (Å²) in [6, 6.07) is 17.3. The molecule has 0 spiro atoms. The number of benzene rings is 2. The molecule has 1 aliphatic heterocycles. The third-order valence-corrected chi connectivity index (χ3v) is 6.45. The Morgan fingerprint density at radius 1 is 1.04 bits per heavy atom. The van der Waals surface area contributed by atoms with Crippen LogP contribution in [0, 0.1) is 12.8 Å². The second kappa shape index (κ2) is 6.46. The molecule has 0 bridgehead atoms. The highest BCUT2D eigenvalue weighted by molar-refractivity contribution is 7.89. The predicted molar refractivity (Wildman–Crippen MR) is 92.8 cm³/mol. The largest absolute Gasteiger partial charge is 0.243 e. The molecule has 0 N–H and O–H groups in total. The minimum Gasteiger partial charge on any atom is -0.207 e. The first-order valence-corrected chi connectivity index (χ1v) is 9.53. The van der Waals surface area contributed by atoms with Gasteiger partial charge in [0, 0.05) is 12.6 Å². The third kappa shape index (κ3) is 3.48. The van der Waals surface area contributed by atoms with Crippen LogP contribution in [0.3, 0.4) is 0 Å². The van der Waals surface area contributed by atoms with Crippen LogP contribution in [0.2, 0.25) is 0 Å². The number of aryl methyl sites for hydroxylation is 1. The van der Waals surface area contributed by atoms with Crippen molar-refractivity contribution in [2.45, 2.75) is 37.6 Å². The third-order valence-electron chi connectivity index (χ3n) is 4.52. The van der Waals surface area contributed by atoms with Gasteiger partial charge in [-0.3, -0.25) is 0 Å². The molecular weight excluding hydrogens is 306 g/mol. The Kier molecular flexibility index (Phi) is 4.55. The lowest BCUT2D eigenvalue weighted by Gasteiger charge is -2.24. The molecule has 23 heavy (non-hydrogen) atoms. The standard InChI is InChI=1S/C19H23NO2S/c1-15-8-10-19(11-9-15)23(21,22)20-14-16(2)12-18(20)13-17-6-4-3-5-7-17/h3-11,16,18H,12-14H2,1-2H3. The highest BCUT2D eigenvalue weighted by Crippen LogP contribution is 2.31. The van der Waals surface area contributed by atoms with Crippen molar-refractivity contribution in [3.05, 3.63) is 65.7 Å². The van der Waals surface area contributed by atoms with E-state index in [1.165, 1.54) is 5.56 Å². The molecule has 0 saturated carbocycles. The smallest absolute Gasteiger partial charge is 0.207 e. The van der Waals surface area contributed by atoms with E-state index in [4.69, 9.17) is 0 Å². The van der Waals surface area contributed by atoms with E-state index in [1.807, 2.05) is 37.3 Å². The zero-order chi connectivity index (χ0) is 16.4. The quantitative estimate of drug-likeness (QED) is 0.859. The monoisotopic (exact) mass is 329 g/mol. The van der Waals surface area contributed by atoms with Crippen LogP contribution in [0.5, 0.6) is 0 Å². The van der Waals surface area contributed by atoms with E-state index in [9.17, 15) is 8.42 Å². The Morgan fingerprint density at radius 3 is 2.35 bits per heavy atom. The van der Waals surface area contributed by atoms with Gasteiger partial charge in [-0.1, -0.05) is 55.0 Å². The summed E-state index contributed by atoms with van der Waals surface area (Å²) in [6.07, 6.45) is 1.69. The Bertz CT molecular complexity index is 754. The van der Waals surface area contributed by atoms with Gasteiger partial charge < -0.3 is 0 Å². The number of hydrogen-bond donors (Lipinski definition) is 0.